The van der Waals surface area contributed by atoms with E-state index in [0.717, 1.165) is 11.1 Å². The molecule has 2 unspecified atom stereocenters. The molecule has 1 aliphatic heterocycles. The number of nitrogens with one attached hydrogen (secondary N) is 1. The topological polar surface area (TPSA) is 111 Å². The zero-order valence-corrected chi connectivity index (χ0v) is 17.9. The lowest BCUT2D eigenvalue weighted by molar-refractivity contribution is -0.140. The third-order valence-electron chi connectivity index (χ3n) is 6.05. The van der Waals surface area contributed by atoms with Gasteiger partial charge < -0.3 is 14.2 Å². The lowest BCUT2D eigenvalue weighted by Gasteiger charge is -2.27. The standard InChI is InChI=1S/C22H25NO7S/c1-15-4-2-3-5-16(15)12-28-17-6-8-18(9-7-17)31(26,27)13-22(21(24)23-25)10-19-20(11-22)30-14-29-19/h2-9,19-20,25H,10-14H2,1H3,(H,23,24). The zero-order valence-electron chi connectivity index (χ0n) is 17.1. The highest BCUT2D eigenvalue weighted by atomic mass is 32.2. The Labute approximate surface area is 181 Å². The quantitative estimate of drug-likeness (QED) is 0.495. The smallest absolute Gasteiger partial charge is 0.250 e. The summed E-state index contributed by atoms with van der Waals surface area (Å²) in [5.41, 5.74) is 2.47. The van der Waals surface area contributed by atoms with E-state index in [4.69, 9.17) is 14.2 Å². The summed E-state index contributed by atoms with van der Waals surface area (Å²) >= 11 is 0. The van der Waals surface area contributed by atoms with Crippen molar-refractivity contribution in [1.29, 1.82) is 0 Å². The maximum atomic E-state index is 13.1. The van der Waals surface area contributed by atoms with E-state index >= 15 is 0 Å². The first kappa shape index (κ1) is 21.8. The Morgan fingerprint density at radius 3 is 2.39 bits per heavy atom. The van der Waals surface area contributed by atoms with Crippen molar-refractivity contribution in [3.05, 3.63) is 59.7 Å². The summed E-state index contributed by atoms with van der Waals surface area (Å²) in [7, 11) is -3.82. The molecule has 9 heteroatoms. The van der Waals surface area contributed by atoms with Crippen LogP contribution in [0.2, 0.25) is 0 Å². The van der Waals surface area contributed by atoms with Crippen LogP contribution in [0.25, 0.3) is 0 Å². The van der Waals surface area contributed by atoms with Gasteiger partial charge in [0, 0.05) is 0 Å². The highest BCUT2D eigenvalue weighted by Gasteiger charge is 2.55. The van der Waals surface area contributed by atoms with Crippen molar-refractivity contribution in [1.82, 2.24) is 5.48 Å². The van der Waals surface area contributed by atoms with Crippen LogP contribution in [0, 0.1) is 12.3 Å². The van der Waals surface area contributed by atoms with Crippen molar-refractivity contribution in [3.8, 4) is 5.75 Å². The molecule has 0 bridgehead atoms. The maximum absolute atomic E-state index is 13.1. The lowest BCUT2D eigenvalue weighted by Crippen LogP contribution is -2.43. The van der Waals surface area contributed by atoms with Crippen LogP contribution in [0.3, 0.4) is 0 Å². The molecular weight excluding hydrogens is 422 g/mol. The number of ether oxygens (including phenoxy) is 3. The molecule has 0 aromatic heterocycles. The fourth-order valence-corrected chi connectivity index (χ4v) is 6.09. The second kappa shape index (κ2) is 8.58. The molecular formula is C22H25NO7S. The van der Waals surface area contributed by atoms with Gasteiger partial charge in [0.25, 0.3) is 5.91 Å². The molecule has 2 aromatic carbocycles. The molecule has 1 saturated carbocycles. The molecule has 1 aliphatic carbocycles. The highest BCUT2D eigenvalue weighted by Crippen LogP contribution is 2.45. The van der Waals surface area contributed by atoms with Crippen molar-refractivity contribution in [2.45, 2.75) is 43.5 Å². The average Bonchev–Trinajstić information content (AvgIpc) is 3.32. The van der Waals surface area contributed by atoms with E-state index in [9.17, 15) is 18.4 Å². The monoisotopic (exact) mass is 447 g/mol. The SMILES string of the molecule is Cc1ccccc1COc1ccc(S(=O)(=O)CC2(C(=O)NO)CC3OCOC3C2)cc1. The Hall–Kier alpha value is -2.46. The van der Waals surface area contributed by atoms with Gasteiger partial charge in [-0.1, -0.05) is 24.3 Å². The molecule has 2 aromatic rings. The Morgan fingerprint density at radius 2 is 1.77 bits per heavy atom. The van der Waals surface area contributed by atoms with Gasteiger partial charge in [-0.15, -0.1) is 0 Å². The minimum atomic E-state index is -3.82. The van der Waals surface area contributed by atoms with E-state index in [0.29, 0.717) is 12.4 Å². The summed E-state index contributed by atoms with van der Waals surface area (Å²) in [5, 5.41) is 9.21. The first-order chi connectivity index (χ1) is 14.8. The molecule has 31 heavy (non-hydrogen) atoms. The normalized spacial score (nSPS) is 25.2. The van der Waals surface area contributed by atoms with E-state index in [-0.39, 0.29) is 36.7 Å². The van der Waals surface area contributed by atoms with Crippen LogP contribution in [0.5, 0.6) is 5.75 Å². The number of hydrogen-bond acceptors (Lipinski definition) is 7. The second-order valence-electron chi connectivity index (χ2n) is 8.10. The van der Waals surface area contributed by atoms with Gasteiger partial charge in [0.05, 0.1) is 28.3 Å². The molecule has 166 valence electrons. The van der Waals surface area contributed by atoms with Crippen LogP contribution < -0.4 is 10.2 Å². The van der Waals surface area contributed by atoms with Crippen molar-refractivity contribution in [3.63, 3.8) is 0 Å². The van der Waals surface area contributed by atoms with E-state index in [1.54, 1.807) is 17.6 Å². The van der Waals surface area contributed by atoms with Gasteiger partial charge in [0.15, 0.2) is 9.84 Å². The van der Waals surface area contributed by atoms with E-state index in [1.807, 2.05) is 31.2 Å². The van der Waals surface area contributed by atoms with E-state index in [1.165, 1.54) is 12.1 Å². The van der Waals surface area contributed by atoms with Gasteiger partial charge in [0.1, 0.15) is 19.1 Å². The van der Waals surface area contributed by atoms with Gasteiger partial charge in [-0.2, -0.15) is 0 Å². The van der Waals surface area contributed by atoms with Gasteiger partial charge in [-0.25, -0.2) is 13.9 Å². The summed E-state index contributed by atoms with van der Waals surface area (Å²) < 4.78 is 42.8. The average molecular weight is 448 g/mol. The van der Waals surface area contributed by atoms with Crippen molar-refractivity contribution < 1.29 is 32.6 Å². The zero-order chi connectivity index (χ0) is 22.1. The van der Waals surface area contributed by atoms with Gasteiger partial charge in [0.2, 0.25) is 0 Å². The number of hydrogen-bond donors (Lipinski definition) is 2. The summed E-state index contributed by atoms with van der Waals surface area (Å²) in [4.78, 5) is 12.5. The molecule has 2 N–H and O–H groups in total. The lowest BCUT2D eigenvalue weighted by atomic mass is 9.87. The summed E-state index contributed by atoms with van der Waals surface area (Å²) in [5.74, 6) is -0.645. The highest BCUT2D eigenvalue weighted by molar-refractivity contribution is 7.91. The fourth-order valence-electron chi connectivity index (χ4n) is 4.27. The third kappa shape index (κ3) is 4.45. The Kier molecular flexibility index (Phi) is 6.02. The number of fused-ring (bicyclic) bond motifs is 1. The summed E-state index contributed by atoms with van der Waals surface area (Å²) in [6, 6.07) is 14.0. The molecule has 0 spiro atoms. The Morgan fingerprint density at radius 1 is 1.13 bits per heavy atom. The van der Waals surface area contributed by atoms with Gasteiger partial charge in [-0.05, 0) is 55.2 Å². The van der Waals surface area contributed by atoms with Crippen LogP contribution in [0.15, 0.2) is 53.4 Å². The van der Waals surface area contributed by atoms with Gasteiger partial charge >= 0.3 is 0 Å². The number of amides is 1. The number of rotatable bonds is 7. The van der Waals surface area contributed by atoms with Crippen LogP contribution in [-0.4, -0.2) is 44.3 Å². The molecule has 0 radical (unpaired) electrons. The van der Waals surface area contributed by atoms with Crippen LogP contribution in [0.1, 0.15) is 24.0 Å². The Bertz CT molecular complexity index is 1040. The van der Waals surface area contributed by atoms with Crippen LogP contribution >= 0.6 is 0 Å². The molecule has 2 atom stereocenters. The number of carbonyl (C=O) groups is 1. The predicted molar refractivity (Wildman–Crippen MR) is 110 cm³/mol. The summed E-state index contributed by atoms with van der Waals surface area (Å²) in [6.45, 7) is 2.50. The van der Waals surface area contributed by atoms with E-state index in [2.05, 4.69) is 0 Å². The molecule has 4 rings (SSSR count). The minimum Gasteiger partial charge on any atom is -0.489 e. The maximum Gasteiger partial charge on any atom is 0.250 e. The number of hydroxylamine groups is 1. The first-order valence-corrected chi connectivity index (χ1v) is 11.7. The number of aryl methyl sites for hydroxylation is 1. The van der Waals surface area contributed by atoms with Crippen molar-refractivity contribution in [2.24, 2.45) is 5.41 Å². The summed E-state index contributed by atoms with van der Waals surface area (Å²) in [6.07, 6.45) is -0.378. The molecule has 2 aliphatic rings. The van der Waals surface area contributed by atoms with E-state index < -0.39 is 26.9 Å². The van der Waals surface area contributed by atoms with Gasteiger partial charge in [-0.3, -0.25) is 10.0 Å². The van der Waals surface area contributed by atoms with Crippen LogP contribution in [0.4, 0.5) is 0 Å². The largest absolute Gasteiger partial charge is 0.489 e. The van der Waals surface area contributed by atoms with Crippen molar-refractivity contribution >= 4 is 15.7 Å². The Balaban J connectivity index is 1.48. The predicted octanol–water partition coefficient (Wildman–Crippen LogP) is 2.37. The number of benzene rings is 2. The molecule has 8 nitrogen and oxygen atoms in total. The molecule has 1 amide bonds. The fraction of sp³-hybridized carbons (Fsp3) is 0.409. The first-order valence-electron chi connectivity index (χ1n) is 10.0. The molecule has 1 saturated heterocycles. The number of carbonyl (C=O) groups excluding carboxylic acids is 1. The number of sulfone groups is 1. The second-order valence-corrected chi connectivity index (χ2v) is 10.1. The van der Waals surface area contributed by atoms with Crippen molar-refractivity contribution in [2.75, 3.05) is 12.5 Å². The molecule has 1 heterocycles. The third-order valence-corrected chi connectivity index (χ3v) is 7.97. The minimum absolute atomic E-state index is 0.0831. The molecule has 2 fully saturated rings. The van der Waals surface area contributed by atoms with Crippen LogP contribution in [-0.2, 0) is 30.7 Å².